The Kier molecular flexibility index (Phi) is 3.31. The van der Waals surface area contributed by atoms with Crippen molar-refractivity contribution in [3.05, 3.63) is 57.8 Å². The SMILES string of the molecule is NC(Cc1ccsc1)c1cccc(F)c1F. The zero-order chi connectivity index (χ0) is 11.5. The maximum Gasteiger partial charge on any atom is 0.163 e. The number of nitrogens with two attached hydrogens (primary N) is 1. The molecule has 1 nitrogen and oxygen atoms in total. The molecule has 1 aromatic carbocycles. The molecule has 1 atom stereocenters. The second-order valence-corrected chi connectivity index (χ2v) is 4.37. The van der Waals surface area contributed by atoms with Crippen LogP contribution in [0, 0.1) is 11.6 Å². The van der Waals surface area contributed by atoms with Crippen molar-refractivity contribution in [2.45, 2.75) is 12.5 Å². The zero-order valence-corrected chi connectivity index (χ0v) is 9.31. The van der Waals surface area contributed by atoms with E-state index in [0.717, 1.165) is 11.6 Å². The molecule has 0 aliphatic carbocycles. The first-order valence-electron chi connectivity index (χ1n) is 4.89. The Hall–Kier alpha value is -1.26. The maximum atomic E-state index is 13.4. The first kappa shape index (κ1) is 11.2. The molecule has 84 valence electrons. The Morgan fingerprint density at radius 1 is 1.25 bits per heavy atom. The summed E-state index contributed by atoms with van der Waals surface area (Å²) in [5, 5.41) is 3.89. The molecule has 0 bridgehead atoms. The van der Waals surface area contributed by atoms with E-state index >= 15 is 0 Å². The fourth-order valence-electron chi connectivity index (χ4n) is 1.58. The van der Waals surface area contributed by atoms with Gasteiger partial charge in [0.25, 0.3) is 0 Å². The average molecular weight is 239 g/mol. The van der Waals surface area contributed by atoms with Crippen LogP contribution in [-0.4, -0.2) is 0 Å². The Balaban J connectivity index is 2.21. The van der Waals surface area contributed by atoms with Crippen molar-refractivity contribution in [2.75, 3.05) is 0 Å². The van der Waals surface area contributed by atoms with Crippen LogP contribution in [0.5, 0.6) is 0 Å². The smallest absolute Gasteiger partial charge is 0.163 e. The summed E-state index contributed by atoms with van der Waals surface area (Å²) in [6.07, 6.45) is 0.518. The lowest BCUT2D eigenvalue weighted by molar-refractivity contribution is 0.488. The third-order valence-electron chi connectivity index (χ3n) is 2.42. The molecule has 4 heteroatoms. The molecular formula is C12H11F2NS. The highest BCUT2D eigenvalue weighted by atomic mass is 32.1. The van der Waals surface area contributed by atoms with Crippen molar-refractivity contribution in [1.29, 1.82) is 0 Å². The monoisotopic (exact) mass is 239 g/mol. The highest BCUT2D eigenvalue weighted by Gasteiger charge is 2.14. The van der Waals surface area contributed by atoms with Gasteiger partial charge in [0.15, 0.2) is 11.6 Å². The van der Waals surface area contributed by atoms with Gasteiger partial charge in [-0.25, -0.2) is 8.78 Å². The van der Waals surface area contributed by atoms with Gasteiger partial charge in [-0.2, -0.15) is 11.3 Å². The third kappa shape index (κ3) is 2.28. The molecule has 2 aromatic rings. The van der Waals surface area contributed by atoms with Gasteiger partial charge in [0.05, 0.1) is 0 Å². The highest BCUT2D eigenvalue weighted by molar-refractivity contribution is 7.07. The second kappa shape index (κ2) is 4.72. The van der Waals surface area contributed by atoms with E-state index in [1.807, 2.05) is 16.8 Å². The van der Waals surface area contributed by atoms with E-state index < -0.39 is 17.7 Å². The molecule has 2 N–H and O–H groups in total. The average Bonchev–Trinajstić information content (AvgIpc) is 2.74. The van der Waals surface area contributed by atoms with Crippen molar-refractivity contribution in [2.24, 2.45) is 5.73 Å². The van der Waals surface area contributed by atoms with Gasteiger partial charge in [-0.15, -0.1) is 0 Å². The number of hydrogen-bond donors (Lipinski definition) is 1. The van der Waals surface area contributed by atoms with Crippen LogP contribution in [0.4, 0.5) is 8.78 Å². The topological polar surface area (TPSA) is 26.0 Å². The molecule has 16 heavy (non-hydrogen) atoms. The van der Waals surface area contributed by atoms with Gasteiger partial charge in [-0.05, 0) is 34.9 Å². The minimum atomic E-state index is -0.849. The fraction of sp³-hybridized carbons (Fsp3) is 0.167. The molecule has 0 aliphatic rings. The van der Waals surface area contributed by atoms with Gasteiger partial charge >= 0.3 is 0 Å². The molecule has 0 spiro atoms. The summed E-state index contributed by atoms with van der Waals surface area (Å²) >= 11 is 1.56. The van der Waals surface area contributed by atoms with E-state index in [4.69, 9.17) is 5.73 Å². The normalized spacial score (nSPS) is 12.7. The van der Waals surface area contributed by atoms with Crippen molar-refractivity contribution in [1.82, 2.24) is 0 Å². The molecule has 0 radical (unpaired) electrons. The number of benzene rings is 1. The molecule has 0 fully saturated rings. The van der Waals surface area contributed by atoms with Gasteiger partial charge in [0.2, 0.25) is 0 Å². The van der Waals surface area contributed by atoms with Crippen molar-refractivity contribution in [3.63, 3.8) is 0 Å². The van der Waals surface area contributed by atoms with Crippen LogP contribution in [-0.2, 0) is 6.42 Å². The summed E-state index contributed by atoms with van der Waals surface area (Å²) in [5.74, 6) is -1.69. The lowest BCUT2D eigenvalue weighted by atomic mass is 10.0. The Morgan fingerprint density at radius 3 is 2.75 bits per heavy atom. The molecule has 0 saturated carbocycles. The van der Waals surface area contributed by atoms with Crippen LogP contribution in [0.1, 0.15) is 17.2 Å². The molecule has 0 saturated heterocycles. The summed E-state index contributed by atoms with van der Waals surface area (Å²) in [4.78, 5) is 0. The lowest BCUT2D eigenvalue weighted by Gasteiger charge is -2.12. The predicted molar refractivity (Wildman–Crippen MR) is 61.3 cm³/mol. The van der Waals surface area contributed by atoms with Crippen LogP contribution >= 0.6 is 11.3 Å². The summed E-state index contributed by atoms with van der Waals surface area (Å²) < 4.78 is 26.4. The van der Waals surface area contributed by atoms with E-state index in [2.05, 4.69) is 0 Å². The molecule has 1 aromatic heterocycles. The third-order valence-corrected chi connectivity index (χ3v) is 3.15. The maximum absolute atomic E-state index is 13.4. The fourth-order valence-corrected chi connectivity index (χ4v) is 2.26. The number of halogens is 2. The van der Waals surface area contributed by atoms with Crippen LogP contribution in [0.25, 0.3) is 0 Å². The Morgan fingerprint density at radius 2 is 2.06 bits per heavy atom. The van der Waals surface area contributed by atoms with Gasteiger partial charge in [-0.3, -0.25) is 0 Å². The summed E-state index contributed by atoms with van der Waals surface area (Å²) in [5.41, 5.74) is 7.12. The van der Waals surface area contributed by atoms with Crippen molar-refractivity contribution < 1.29 is 8.78 Å². The highest BCUT2D eigenvalue weighted by Crippen LogP contribution is 2.21. The van der Waals surface area contributed by atoms with Crippen molar-refractivity contribution >= 4 is 11.3 Å². The quantitative estimate of drug-likeness (QED) is 0.874. The minimum Gasteiger partial charge on any atom is -0.324 e. The van der Waals surface area contributed by atoms with Gasteiger partial charge < -0.3 is 5.73 Å². The summed E-state index contributed by atoms with van der Waals surface area (Å²) in [6.45, 7) is 0. The first-order chi connectivity index (χ1) is 7.68. The zero-order valence-electron chi connectivity index (χ0n) is 8.49. The van der Waals surface area contributed by atoms with Crippen LogP contribution < -0.4 is 5.73 Å². The van der Waals surface area contributed by atoms with E-state index in [1.54, 1.807) is 11.3 Å². The van der Waals surface area contributed by atoms with E-state index in [0.29, 0.717) is 6.42 Å². The minimum absolute atomic E-state index is 0.228. The van der Waals surface area contributed by atoms with Gasteiger partial charge in [0.1, 0.15) is 0 Å². The Labute approximate surface area is 96.5 Å². The molecule has 0 aliphatic heterocycles. The second-order valence-electron chi connectivity index (χ2n) is 3.59. The first-order valence-corrected chi connectivity index (χ1v) is 5.83. The number of rotatable bonds is 3. The largest absolute Gasteiger partial charge is 0.324 e. The van der Waals surface area contributed by atoms with Crippen LogP contribution in [0.3, 0.4) is 0 Å². The molecule has 1 heterocycles. The molecule has 2 rings (SSSR count). The summed E-state index contributed by atoms with van der Waals surface area (Å²) in [7, 11) is 0. The van der Waals surface area contributed by atoms with E-state index in [1.165, 1.54) is 12.1 Å². The molecular weight excluding hydrogens is 228 g/mol. The lowest BCUT2D eigenvalue weighted by Crippen LogP contribution is -2.15. The van der Waals surface area contributed by atoms with Crippen LogP contribution in [0.2, 0.25) is 0 Å². The number of hydrogen-bond acceptors (Lipinski definition) is 2. The number of thiophene rings is 1. The van der Waals surface area contributed by atoms with Crippen LogP contribution in [0.15, 0.2) is 35.0 Å². The standard InChI is InChI=1S/C12H11F2NS/c13-10-3-1-2-9(12(10)14)11(15)6-8-4-5-16-7-8/h1-5,7,11H,6,15H2. The Bertz CT molecular complexity index is 468. The van der Waals surface area contributed by atoms with E-state index in [-0.39, 0.29) is 5.56 Å². The van der Waals surface area contributed by atoms with Gasteiger partial charge in [0, 0.05) is 11.6 Å². The predicted octanol–water partition coefficient (Wildman–Crippen LogP) is 3.27. The van der Waals surface area contributed by atoms with Crippen molar-refractivity contribution in [3.8, 4) is 0 Å². The molecule has 0 amide bonds. The molecule has 1 unspecified atom stereocenters. The van der Waals surface area contributed by atoms with Gasteiger partial charge in [-0.1, -0.05) is 12.1 Å². The summed E-state index contributed by atoms with van der Waals surface area (Å²) in [6, 6.07) is 5.51. The van der Waals surface area contributed by atoms with E-state index in [9.17, 15) is 8.78 Å².